The third-order valence-electron chi connectivity index (χ3n) is 4.76. The highest BCUT2D eigenvalue weighted by atomic mass is 32.3. The molecule has 3 aromatic rings. The first kappa shape index (κ1) is 18.1. The fourth-order valence-corrected chi connectivity index (χ4v) is 4.94. The fraction of sp³-hybridized carbons (Fsp3) is 0.250. The van der Waals surface area contributed by atoms with Gasteiger partial charge in [-0.2, -0.15) is 10.6 Å². The van der Waals surface area contributed by atoms with E-state index in [1.807, 2.05) is 48.5 Å². The number of hydrogen-bond acceptors (Lipinski definition) is 6. The summed E-state index contributed by atoms with van der Waals surface area (Å²) in [5, 5.41) is 4.36. The molecule has 0 saturated carbocycles. The Labute approximate surface area is 160 Å². The number of pyridine rings is 1. The SMILES string of the molecule is NCCNc1cc(N2CCS(O)(O)c3ccccc3C2)nc2cc[c]cc12. The molecule has 0 saturated heterocycles. The maximum absolute atomic E-state index is 10.6. The molecule has 0 bridgehead atoms. The molecule has 141 valence electrons. The number of nitrogens with two attached hydrogens (primary N) is 1. The van der Waals surface area contributed by atoms with Crippen molar-refractivity contribution >= 4 is 33.0 Å². The van der Waals surface area contributed by atoms with E-state index in [0.717, 1.165) is 28.0 Å². The summed E-state index contributed by atoms with van der Waals surface area (Å²) < 4.78 is 21.2. The zero-order valence-corrected chi connectivity index (χ0v) is 15.7. The summed E-state index contributed by atoms with van der Waals surface area (Å²) in [6.07, 6.45) is 0. The molecule has 0 fully saturated rings. The van der Waals surface area contributed by atoms with E-state index in [-0.39, 0.29) is 5.75 Å². The van der Waals surface area contributed by atoms with E-state index in [0.29, 0.717) is 31.1 Å². The van der Waals surface area contributed by atoms with E-state index in [1.165, 1.54) is 0 Å². The minimum Gasteiger partial charge on any atom is -0.383 e. The Morgan fingerprint density at radius 1 is 1.26 bits per heavy atom. The number of anilines is 2. The number of aromatic nitrogens is 1. The van der Waals surface area contributed by atoms with Crippen LogP contribution in [0.5, 0.6) is 0 Å². The fourth-order valence-electron chi connectivity index (χ4n) is 3.39. The molecule has 6 nitrogen and oxygen atoms in total. The summed E-state index contributed by atoms with van der Waals surface area (Å²) in [5.74, 6) is 1.10. The summed E-state index contributed by atoms with van der Waals surface area (Å²) in [6.45, 7) is 2.30. The van der Waals surface area contributed by atoms with Crippen LogP contribution in [0.3, 0.4) is 0 Å². The molecule has 2 aromatic carbocycles. The van der Waals surface area contributed by atoms with E-state index in [9.17, 15) is 9.11 Å². The van der Waals surface area contributed by atoms with Gasteiger partial charge in [0.2, 0.25) is 0 Å². The molecule has 1 radical (unpaired) electrons. The van der Waals surface area contributed by atoms with Crippen LogP contribution < -0.4 is 16.0 Å². The Balaban J connectivity index is 1.76. The van der Waals surface area contributed by atoms with Crippen molar-refractivity contribution in [2.24, 2.45) is 5.73 Å². The summed E-state index contributed by atoms with van der Waals surface area (Å²) in [6, 6.07) is 18.3. The smallest absolute Gasteiger partial charge is 0.131 e. The molecule has 1 aromatic heterocycles. The van der Waals surface area contributed by atoms with Gasteiger partial charge in [-0.3, -0.25) is 9.11 Å². The molecule has 7 heteroatoms. The largest absolute Gasteiger partial charge is 0.383 e. The minimum absolute atomic E-state index is 0.290. The van der Waals surface area contributed by atoms with Crippen LogP contribution in [0, 0.1) is 6.07 Å². The second-order valence-electron chi connectivity index (χ2n) is 6.59. The summed E-state index contributed by atoms with van der Waals surface area (Å²) in [7, 11) is -2.79. The average molecular weight is 383 g/mol. The van der Waals surface area contributed by atoms with Crippen molar-refractivity contribution < 1.29 is 9.11 Å². The lowest BCUT2D eigenvalue weighted by Crippen LogP contribution is -2.26. The Bertz CT molecular complexity index is 964. The van der Waals surface area contributed by atoms with Crippen molar-refractivity contribution in [3.05, 3.63) is 60.2 Å². The lowest BCUT2D eigenvalue weighted by Gasteiger charge is -2.32. The van der Waals surface area contributed by atoms with Gasteiger partial charge in [0.05, 0.1) is 16.2 Å². The predicted molar refractivity (Wildman–Crippen MR) is 112 cm³/mol. The van der Waals surface area contributed by atoms with Gasteiger partial charge >= 0.3 is 0 Å². The molecule has 0 aliphatic carbocycles. The first-order valence-electron chi connectivity index (χ1n) is 8.92. The van der Waals surface area contributed by atoms with E-state index < -0.39 is 10.6 Å². The molecular formula is C20H23N4O2S. The molecule has 0 spiro atoms. The molecule has 4 rings (SSSR count). The van der Waals surface area contributed by atoms with E-state index in [1.54, 1.807) is 0 Å². The lowest BCUT2D eigenvalue weighted by atomic mass is 10.1. The molecule has 2 heterocycles. The highest BCUT2D eigenvalue weighted by Crippen LogP contribution is 2.51. The molecule has 0 unspecified atom stereocenters. The number of hydrogen-bond donors (Lipinski definition) is 4. The first-order valence-corrected chi connectivity index (χ1v) is 10.6. The maximum Gasteiger partial charge on any atom is 0.131 e. The zero-order chi connectivity index (χ0) is 18.9. The second kappa shape index (κ2) is 7.36. The van der Waals surface area contributed by atoms with Crippen LogP contribution in [-0.2, 0) is 6.54 Å². The second-order valence-corrected chi connectivity index (χ2v) is 8.77. The van der Waals surface area contributed by atoms with Crippen molar-refractivity contribution in [2.45, 2.75) is 11.4 Å². The van der Waals surface area contributed by atoms with E-state index in [2.05, 4.69) is 16.3 Å². The molecule has 1 aliphatic rings. The van der Waals surface area contributed by atoms with Crippen molar-refractivity contribution in [3.63, 3.8) is 0 Å². The molecule has 1 aliphatic heterocycles. The standard InChI is InChI=1S/C20H23N4O2S/c21-9-10-22-18-13-20(23-17-7-3-2-6-16(17)18)24-11-12-27(25,26)19-8-4-1-5-15(19)14-24/h1,3-8,13,25-26H,9-12,14,21H2,(H,22,23). The topological polar surface area (TPSA) is 94.6 Å². The van der Waals surface area contributed by atoms with Gasteiger partial charge in [0.15, 0.2) is 0 Å². The molecule has 5 N–H and O–H groups in total. The van der Waals surface area contributed by atoms with E-state index in [4.69, 9.17) is 10.7 Å². The van der Waals surface area contributed by atoms with Gasteiger partial charge in [-0.25, -0.2) is 4.98 Å². The van der Waals surface area contributed by atoms with Gasteiger partial charge in [-0.1, -0.05) is 24.3 Å². The van der Waals surface area contributed by atoms with Crippen LogP contribution in [0.2, 0.25) is 0 Å². The third kappa shape index (κ3) is 3.59. The third-order valence-corrected chi connectivity index (χ3v) is 6.61. The van der Waals surface area contributed by atoms with Gasteiger partial charge in [0, 0.05) is 43.3 Å². The monoisotopic (exact) mass is 383 g/mol. The van der Waals surface area contributed by atoms with Crippen LogP contribution >= 0.6 is 10.6 Å². The average Bonchev–Trinajstić information content (AvgIpc) is 2.82. The molecule has 0 atom stereocenters. The van der Waals surface area contributed by atoms with Gasteiger partial charge in [0.1, 0.15) is 5.82 Å². The first-order chi connectivity index (χ1) is 13.1. The van der Waals surface area contributed by atoms with Crippen LogP contribution in [0.15, 0.2) is 53.4 Å². The van der Waals surface area contributed by atoms with Gasteiger partial charge in [-0.05, 0) is 29.8 Å². The highest BCUT2D eigenvalue weighted by Gasteiger charge is 2.26. The number of fused-ring (bicyclic) bond motifs is 2. The normalized spacial score (nSPS) is 17.2. The van der Waals surface area contributed by atoms with E-state index >= 15 is 0 Å². The minimum atomic E-state index is -2.79. The summed E-state index contributed by atoms with van der Waals surface area (Å²) >= 11 is 0. The van der Waals surface area contributed by atoms with Crippen LogP contribution in [0.25, 0.3) is 10.9 Å². The Morgan fingerprint density at radius 3 is 2.96 bits per heavy atom. The quantitative estimate of drug-likeness (QED) is 0.551. The van der Waals surface area contributed by atoms with Crippen molar-refractivity contribution in [2.75, 3.05) is 35.6 Å². The molecular weight excluding hydrogens is 360 g/mol. The molecule has 27 heavy (non-hydrogen) atoms. The Morgan fingerprint density at radius 2 is 2.11 bits per heavy atom. The number of nitrogens with zero attached hydrogens (tertiary/aromatic N) is 2. The van der Waals surface area contributed by atoms with Crippen LogP contribution in [-0.4, -0.2) is 39.5 Å². The maximum atomic E-state index is 10.6. The highest BCUT2D eigenvalue weighted by molar-refractivity contribution is 8.24. The Hall–Kier alpha value is -2.32. The van der Waals surface area contributed by atoms with Crippen molar-refractivity contribution in [1.29, 1.82) is 0 Å². The van der Waals surface area contributed by atoms with Crippen molar-refractivity contribution in [1.82, 2.24) is 4.98 Å². The zero-order valence-electron chi connectivity index (χ0n) is 14.9. The van der Waals surface area contributed by atoms with Crippen LogP contribution in [0.1, 0.15) is 5.56 Å². The summed E-state index contributed by atoms with van der Waals surface area (Å²) in [4.78, 5) is 7.55. The van der Waals surface area contributed by atoms with Gasteiger partial charge in [0.25, 0.3) is 0 Å². The summed E-state index contributed by atoms with van der Waals surface area (Å²) in [5.41, 5.74) is 8.41. The Kier molecular flexibility index (Phi) is 4.92. The number of nitrogens with one attached hydrogen (secondary N) is 1. The van der Waals surface area contributed by atoms with Gasteiger partial charge in [-0.15, -0.1) is 0 Å². The van der Waals surface area contributed by atoms with Crippen molar-refractivity contribution in [3.8, 4) is 0 Å². The number of benzene rings is 2. The number of rotatable bonds is 4. The molecule has 0 amide bonds. The van der Waals surface area contributed by atoms with Crippen LogP contribution in [0.4, 0.5) is 11.5 Å². The van der Waals surface area contributed by atoms with Gasteiger partial charge < -0.3 is 16.0 Å². The predicted octanol–water partition coefficient (Wildman–Crippen LogP) is 3.54. The lowest BCUT2D eigenvalue weighted by molar-refractivity contribution is 0.488.